The molecule has 9 aromatic carbocycles. The molecule has 11 rings (SSSR count). The van der Waals surface area contributed by atoms with Gasteiger partial charge >= 0.3 is 0 Å². The molecular weight excluding hydrogens is 730 g/mol. The standard InChI is InChI=1S/C53H34BrN/c54-40-27-23-36(24-28-40)42-18-9-10-19-43(42)37-25-30-47-51(33-37)55(50-32-26-35-13-7-8-20-44(35)52(47)50)41-29-31-46-45-21-11-12-22-48(45)53(49(46)34-41,38-14-3-1-4-15-38)39-16-5-2-6-17-39/h1-34H. The van der Waals surface area contributed by atoms with Gasteiger partial charge in [-0.1, -0.05) is 186 Å². The normalized spacial score (nSPS) is 13.0. The average Bonchev–Trinajstić information content (AvgIpc) is 3.75. The Morgan fingerprint density at radius 2 is 0.982 bits per heavy atom. The fraction of sp³-hybridized carbons (Fsp3) is 0.0189. The number of rotatable bonds is 5. The van der Waals surface area contributed by atoms with Crippen molar-refractivity contribution in [2.45, 2.75) is 5.41 Å². The Labute approximate surface area is 328 Å². The van der Waals surface area contributed by atoms with E-state index in [0.717, 1.165) is 10.2 Å². The van der Waals surface area contributed by atoms with Gasteiger partial charge < -0.3 is 4.57 Å². The molecule has 1 nitrogen and oxygen atoms in total. The molecule has 0 fully saturated rings. The molecule has 1 aromatic heterocycles. The van der Waals surface area contributed by atoms with E-state index in [1.807, 2.05) is 0 Å². The molecule has 0 N–H and O–H groups in total. The van der Waals surface area contributed by atoms with Gasteiger partial charge in [-0.05, 0) is 103 Å². The van der Waals surface area contributed by atoms with Gasteiger partial charge in [-0.15, -0.1) is 0 Å². The largest absolute Gasteiger partial charge is 0.309 e. The van der Waals surface area contributed by atoms with Crippen LogP contribution in [0.3, 0.4) is 0 Å². The number of hydrogen-bond donors (Lipinski definition) is 0. The molecule has 0 spiro atoms. The van der Waals surface area contributed by atoms with Crippen LogP contribution in [0.1, 0.15) is 22.3 Å². The number of benzene rings is 9. The van der Waals surface area contributed by atoms with Crippen molar-refractivity contribution < 1.29 is 0 Å². The van der Waals surface area contributed by atoms with Crippen LogP contribution >= 0.6 is 15.9 Å². The number of halogens is 1. The molecule has 258 valence electrons. The Hall–Kier alpha value is -6.48. The van der Waals surface area contributed by atoms with Crippen LogP contribution in [0.2, 0.25) is 0 Å². The van der Waals surface area contributed by atoms with Gasteiger partial charge in [-0.3, -0.25) is 0 Å². The van der Waals surface area contributed by atoms with Crippen molar-refractivity contribution in [3.8, 4) is 39.1 Å². The van der Waals surface area contributed by atoms with E-state index in [0.29, 0.717) is 0 Å². The Morgan fingerprint density at radius 1 is 0.382 bits per heavy atom. The molecule has 1 aliphatic rings. The highest BCUT2D eigenvalue weighted by atomic mass is 79.9. The van der Waals surface area contributed by atoms with Crippen molar-refractivity contribution in [3.05, 3.63) is 233 Å². The fourth-order valence-electron chi connectivity index (χ4n) is 9.42. The van der Waals surface area contributed by atoms with Crippen LogP contribution in [0.25, 0.3) is 71.6 Å². The summed E-state index contributed by atoms with van der Waals surface area (Å²) in [5.41, 5.74) is 15.6. The monoisotopic (exact) mass is 763 g/mol. The smallest absolute Gasteiger partial charge is 0.0714 e. The molecule has 0 radical (unpaired) electrons. The van der Waals surface area contributed by atoms with Crippen LogP contribution in [0, 0.1) is 0 Å². The van der Waals surface area contributed by atoms with E-state index in [9.17, 15) is 0 Å². The minimum atomic E-state index is -0.481. The lowest BCUT2D eigenvalue weighted by Crippen LogP contribution is -2.28. The zero-order valence-electron chi connectivity index (χ0n) is 30.0. The van der Waals surface area contributed by atoms with Gasteiger partial charge in [0.15, 0.2) is 0 Å². The van der Waals surface area contributed by atoms with E-state index in [4.69, 9.17) is 0 Å². The first-order valence-corrected chi connectivity index (χ1v) is 19.7. The van der Waals surface area contributed by atoms with E-state index in [1.165, 1.54) is 88.2 Å². The van der Waals surface area contributed by atoms with Crippen LogP contribution in [0.4, 0.5) is 0 Å². The highest BCUT2D eigenvalue weighted by Gasteiger charge is 2.46. The molecule has 0 unspecified atom stereocenters. The zero-order chi connectivity index (χ0) is 36.5. The Balaban J connectivity index is 1.22. The minimum absolute atomic E-state index is 0.481. The van der Waals surface area contributed by atoms with Gasteiger partial charge in [0, 0.05) is 20.9 Å². The zero-order valence-corrected chi connectivity index (χ0v) is 31.5. The van der Waals surface area contributed by atoms with Crippen LogP contribution in [0.5, 0.6) is 0 Å². The maximum atomic E-state index is 3.63. The SMILES string of the molecule is Brc1ccc(-c2ccccc2-c2ccc3c4c5ccccc5ccc4n(-c4ccc5c(c4)C(c4ccccc4)(c4ccccc4)c4ccccc4-5)c3c2)cc1. The van der Waals surface area contributed by atoms with Crippen LogP contribution in [-0.2, 0) is 5.41 Å². The number of hydrogen-bond acceptors (Lipinski definition) is 0. The van der Waals surface area contributed by atoms with Gasteiger partial charge in [0.25, 0.3) is 0 Å². The maximum Gasteiger partial charge on any atom is 0.0714 e. The van der Waals surface area contributed by atoms with Crippen LogP contribution in [-0.4, -0.2) is 4.57 Å². The van der Waals surface area contributed by atoms with Crippen molar-refractivity contribution in [2.24, 2.45) is 0 Å². The molecule has 55 heavy (non-hydrogen) atoms. The summed E-state index contributed by atoms with van der Waals surface area (Å²) in [7, 11) is 0. The van der Waals surface area contributed by atoms with Crippen molar-refractivity contribution in [1.82, 2.24) is 4.57 Å². The third-order valence-electron chi connectivity index (χ3n) is 11.7. The lowest BCUT2D eigenvalue weighted by Gasteiger charge is -2.34. The predicted octanol–water partition coefficient (Wildman–Crippen LogP) is 14.4. The van der Waals surface area contributed by atoms with Crippen LogP contribution in [0.15, 0.2) is 211 Å². The molecule has 1 aliphatic carbocycles. The number of nitrogens with zero attached hydrogens (tertiary/aromatic N) is 1. The first kappa shape index (κ1) is 32.0. The summed E-state index contributed by atoms with van der Waals surface area (Å²) in [4.78, 5) is 0. The van der Waals surface area contributed by atoms with Crippen molar-refractivity contribution in [3.63, 3.8) is 0 Å². The van der Waals surface area contributed by atoms with Gasteiger partial charge in [0.05, 0.1) is 16.4 Å². The van der Waals surface area contributed by atoms with Gasteiger partial charge in [0.1, 0.15) is 0 Å². The molecule has 0 amide bonds. The van der Waals surface area contributed by atoms with Gasteiger partial charge in [-0.2, -0.15) is 0 Å². The maximum absolute atomic E-state index is 3.63. The minimum Gasteiger partial charge on any atom is -0.309 e. The summed E-state index contributed by atoms with van der Waals surface area (Å²) in [6.07, 6.45) is 0. The summed E-state index contributed by atoms with van der Waals surface area (Å²) in [6.45, 7) is 0. The van der Waals surface area contributed by atoms with E-state index >= 15 is 0 Å². The molecule has 0 saturated carbocycles. The summed E-state index contributed by atoms with van der Waals surface area (Å²) >= 11 is 3.63. The molecule has 0 atom stereocenters. The van der Waals surface area contributed by atoms with E-state index in [1.54, 1.807) is 0 Å². The Morgan fingerprint density at radius 3 is 1.73 bits per heavy atom. The second-order valence-corrected chi connectivity index (χ2v) is 15.5. The number of aromatic nitrogens is 1. The highest BCUT2D eigenvalue weighted by Crippen LogP contribution is 2.56. The van der Waals surface area contributed by atoms with Gasteiger partial charge in [0.2, 0.25) is 0 Å². The average molecular weight is 765 g/mol. The predicted molar refractivity (Wildman–Crippen MR) is 234 cm³/mol. The fourth-order valence-corrected chi connectivity index (χ4v) is 9.68. The summed E-state index contributed by atoms with van der Waals surface area (Å²) in [5.74, 6) is 0. The lowest BCUT2D eigenvalue weighted by molar-refractivity contribution is 0.767. The second kappa shape index (κ2) is 12.6. The van der Waals surface area contributed by atoms with Crippen molar-refractivity contribution in [2.75, 3.05) is 0 Å². The molecule has 0 saturated heterocycles. The van der Waals surface area contributed by atoms with Crippen molar-refractivity contribution >= 4 is 48.5 Å². The summed E-state index contributed by atoms with van der Waals surface area (Å²) < 4.78 is 3.58. The lowest BCUT2D eigenvalue weighted by atomic mass is 9.67. The topological polar surface area (TPSA) is 4.93 Å². The van der Waals surface area contributed by atoms with E-state index < -0.39 is 5.41 Å². The van der Waals surface area contributed by atoms with E-state index in [-0.39, 0.29) is 0 Å². The molecule has 0 aliphatic heterocycles. The first-order valence-electron chi connectivity index (χ1n) is 18.9. The molecule has 0 bridgehead atoms. The van der Waals surface area contributed by atoms with Crippen LogP contribution < -0.4 is 0 Å². The number of fused-ring (bicyclic) bond motifs is 8. The first-order chi connectivity index (χ1) is 27.2. The summed E-state index contributed by atoms with van der Waals surface area (Å²) in [6, 6.07) is 76.1. The Bertz CT molecular complexity index is 3040. The van der Waals surface area contributed by atoms with Crippen molar-refractivity contribution in [1.29, 1.82) is 0 Å². The summed E-state index contributed by atoms with van der Waals surface area (Å²) in [5, 5.41) is 5.04. The molecule has 1 heterocycles. The molecular formula is C53H34BrN. The quantitative estimate of drug-likeness (QED) is 0.164. The highest BCUT2D eigenvalue weighted by molar-refractivity contribution is 9.10. The third-order valence-corrected chi connectivity index (χ3v) is 12.3. The molecule has 10 aromatic rings. The van der Waals surface area contributed by atoms with Gasteiger partial charge in [-0.25, -0.2) is 0 Å². The second-order valence-electron chi connectivity index (χ2n) is 14.6. The third kappa shape index (κ3) is 4.78. The van der Waals surface area contributed by atoms with E-state index in [2.05, 4.69) is 227 Å². The molecule has 2 heteroatoms. The Kier molecular flexibility index (Phi) is 7.30.